The summed E-state index contributed by atoms with van der Waals surface area (Å²) in [6.45, 7) is 4.74. The van der Waals surface area contributed by atoms with E-state index in [1.807, 2.05) is 54.7 Å². The third-order valence-electron chi connectivity index (χ3n) is 9.61. The number of amides is 3. The molecule has 2 aromatic carbocycles. The van der Waals surface area contributed by atoms with E-state index in [0.29, 0.717) is 34.9 Å². The fourth-order valence-corrected chi connectivity index (χ4v) is 6.40. The second kappa shape index (κ2) is 18.3. The van der Waals surface area contributed by atoms with Crippen molar-refractivity contribution in [1.82, 2.24) is 19.4 Å². The maximum Gasteiger partial charge on any atom is 0.272 e. The zero-order valence-corrected chi connectivity index (χ0v) is 31.8. The number of para-hydroxylation sites is 1. The summed E-state index contributed by atoms with van der Waals surface area (Å²) in [4.78, 5) is 43.8. The molecule has 3 heterocycles. The zero-order valence-electron chi connectivity index (χ0n) is 31.8. The standard InChI is InChI=1S/C43H53N7O3/c1-6-7-8-9-10-11-14-24-50(4,5)25-23-44-42(52)39-27-37(31-48(39)2)47-43(53)40-28-36(30-49(40)3)46-41(51)34-21-19-32(20-22-34)17-18-33-26-35-15-12-13-16-38(35)45-29-33/h12-13,15-22,26-31H,6-11,14,23-25H2,1-5H3,(H2-,44,46,47,51,52,53)/p+1/b18-17+. The first-order chi connectivity index (χ1) is 25.5. The van der Waals surface area contributed by atoms with Crippen LogP contribution in [0.5, 0.6) is 0 Å². The van der Waals surface area contributed by atoms with Crippen molar-refractivity contribution < 1.29 is 18.9 Å². The molecule has 3 aromatic heterocycles. The maximum atomic E-state index is 13.2. The lowest BCUT2D eigenvalue weighted by molar-refractivity contribution is -0.889. The highest BCUT2D eigenvalue weighted by atomic mass is 16.2. The van der Waals surface area contributed by atoms with Crippen LogP contribution in [0, 0.1) is 0 Å². The molecule has 0 fully saturated rings. The molecule has 0 saturated heterocycles. The SMILES string of the molecule is CCCCCCCCC[N+](C)(C)CCNC(=O)c1cc(NC(=O)c2cc(NC(=O)c3ccc(/C=C/c4cnc5ccccc5c4)cc3)cn2C)cn1C. The van der Waals surface area contributed by atoms with Crippen molar-refractivity contribution >= 4 is 52.2 Å². The molecular formula is C43H54N7O3+. The number of aromatic nitrogens is 3. The molecule has 0 atom stereocenters. The van der Waals surface area contributed by atoms with E-state index in [0.717, 1.165) is 39.6 Å². The van der Waals surface area contributed by atoms with Gasteiger partial charge in [0, 0.05) is 43.6 Å². The summed E-state index contributed by atoms with van der Waals surface area (Å²) in [7, 11) is 7.95. The van der Waals surface area contributed by atoms with Crippen LogP contribution >= 0.6 is 0 Å². The van der Waals surface area contributed by atoms with Crippen molar-refractivity contribution in [3.05, 3.63) is 113 Å². The topological polar surface area (TPSA) is 110 Å². The lowest BCUT2D eigenvalue weighted by Crippen LogP contribution is -2.46. The van der Waals surface area contributed by atoms with Crippen LogP contribution in [0.25, 0.3) is 23.1 Å². The Morgan fingerprint density at radius 2 is 1.30 bits per heavy atom. The van der Waals surface area contributed by atoms with Gasteiger partial charge in [0.1, 0.15) is 11.4 Å². The molecule has 0 saturated carbocycles. The molecular weight excluding hydrogens is 663 g/mol. The van der Waals surface area contributed by atoms with E-state index in [9.17, 15) is 14.4 Å². The lowest BCUT2D eigenvalue weighted by atomic mass is 10.1. The van der Waals surface area contributed by atoms with Gasteiger partial charge < -0.3 is 29.6 Å². The van der Waals surface area contributed by atoms with Gasteiger partial charge in [-0.15, -0.1) is 0 Å². The number of carbonyl (C=O) groups is 3. The molecule has 3 N–H and O–H groups in total. The number of carbonyl (C=O) groups excluding carboxylic acids is 3. The predicted octanol–water partition coefficient (Wildman–Crippen LogP) is 8.14. The highest BCUT2D eigenvalue weighted by Crippen LogP contribution is 2.20. The molecule has 5 aromatic rings. The number of quaternary nitrogens is 1. The van der Waals surface area contributed by atoms with Gasteiger partial charge >= 0.3 is 0 Å². The summed E-state index contributed by atoms with van der Waals surface area (Å²) in [5.41, 5.74) is 5.22. The number of hydrogen-bond acceptors (Lipinski definition) is 4. The van der Waals surface area contributed by atoms with Crippen LogP contribution in [-0.2, 0) is 14.1 Å². The molecule has 10 nitrogen and oxygen atoms in total. The summed E-state index contributed by atoms with van der Waals surface area (Å²) in [6.07, 6.45) is 18.2. The van der Waals surface area contributed by atoms with Gasteiger partial charge in [0.15, 0.2) is 0 Å². The van der Waals surface area contributed by atoms with E-state index in [4.69, 9.17) is 0 Å². The Labute approximate surface area is 313 Å². The van der Waals surface area contributed by atoms with Crippen molar-refractivity contribution in [2.24, 2.45) is 14.1 Å². The van der Waals surface area contributed by atoms with Crippen LogP contribution in [0.3, 0.4) is 0 Å². The molecule has 278 valence electrons. The Hall–Kier alpha value is -5.48. The zero-order chi connectivity index (χ0) is 37.8. The average Bonchev–Trinajstić information content (AvgIpc) is 3.70. The first-order valence-electron chi connectivity index (χ1n) is 18.7. The molecule has 0 bridgehead atoms. The minimum absolute atomic E-state index is 0.181. The Balaban J connectivity index is 1.09. The van der Waals surface area contributed by atoms with Crippen LogP contribution in [-0.4, -0.2) is 70.1 Å². The quantitative estimate of drug-likeness (QED) is 0.0628. The largest absolute Gasteiger partial charge is 0.345 e. The normalized spacial score (nSPS) is 11.6. The number of nitrogens with one attached hydrogen (secondary N) is 3. The number of rotatable bonds is 18. The van der Waals surface area contributed by atoms with E-state index in [-0.39, 0.29) is 17.7 Å². The van der Waals surface area contributed by atoms with Crippen molar-refractivity contribution in [2.45, 2.75) is 51.9 Å². The fraction of sp³-hybridized carbons (Fsp3) is 0.349. The Bertz CT molecular complexity index is 2040. The molecule has 3 amide bonds. The van der Waals surface area contributed by atoms with Crippen molar-refractivity contribution in [2.75, 3.05) is 44.4 Å². The smallest absolute Gasteiger partial charge is 0.272 e. The Morgan fingerprint density at radius 3 is 2.00 bits per heavy atom. The second-order valence-corrected chi connectivity index (χ2v) is 14.5. The first kappa shape index (κ1) is 38.7. The van der Waals surface area contributed by atoms with Crippen molar-refractivity contribution in [1.29, 1.82) is 0 Å². The molecule has 0 radical (unpaired) electrons. The molecule has 0 aliphatic rings. The number of benzene rings is 2. The van der Waals surface area contributed by atoms with E-state index in [1.165, 1.54) is 44.9 Å². The van der Waals surface area contributed by atoms with Gasteiger partial charge in [0.05, 0.1) is 50.6 Å². The molecule has 0 spiro atoms. The van der Waals surface area contributed by atoms with E-state index in [2.05, 4.69) is 48.0 Å². The number of unbranched alkanes of at least 4 members (excludes halogenated alkanes) is 6. The third kappa shape index (κ3) is 11.3. The van der Waals surface area contributed by atoms with Crippen molar-refractivity contribution in [3.8, 4) is 0 Å². The number of aryl methyl sites for hydroxylation is 2. The monoisotopic (exact) mass is 716 g/mol. The van der Waals surface area contributed by atoms with Gasteiger partial charge in [-0.2, -0.15) is 0 Å². The summed E-state index contributed by atoms with van der Waals surface area (Å²) >= 11 is 0. The predicted molar refractivity (Wildman–Crippen MR) is 216 cm³/mol. The lowest BCUT2D eigenvalue weighted by Gasteiger charge is -2.30. The fourth-order valence-electron chi connectivity index (χ4n) is 6.40. The number of likely N-dealkylation sites (N-methyl/N-ethyl adjacent to an activating group) is 1. The van der Waals surface area contributed by atoms with E-state index < -0.39 is 0 Å². The molecule has 5 rings (SSSR count). The minimum atomic E-state index is -0.354. The highest BCUT2D eigenvalue weighted by Gasteiger charge is 2.19. The average molecular weight is 717 g/mol. The Kier molecular flexibility index (Phi) is 13.4. The molecule has 0 unspecified atom stereocenters. The second-order valence-electron chi connectivity index (χ2n) is 14.5. The number of pyridine rings is 1. The minimum Gasteiger partial charge on any atom is -0.345 e. The summed E-state index contributed by atoms with van der Waals surface area (Å²) in [5.74, 6) is -0.817. The van der Waals surface area contributed by atoms with Crippen LogP contribution in [0.15, 0.2) is 85.3 Å². The summed E-state index contributed by atoms with van der Waals surface area (Å²) in [6, 6.07) is 20.7. The van der Waals surface area contributed by atoms with Gasteiger partial charge in [0.2, 0.25) is 0 Å². The maximum absolute atomic E-state index is 13.2. The molecule has 10 heteroatoms. The number of fused-ring (bicyclic) bond motifs is 1. The summed E-state index contributed by atoms with van der Waals surface area (Å²) < 4.78 is 4.23. The summed E-state index contributed by atoms with van der Waals surface area (Å²) in [5, 5.41) is 9.91. The van der Waals surface area contributed by atoms with Gasteiger partial charge in [0.25, 0.3) is 17.7 Å². The number of hydrogen-bond donors (Lipinski definition) is 3. The van der Waals surface area contributed by atoms with Crippen LogP contribution in [0.1, 0.15) is 94.3 Å². The van der Waals surface area contributed by atoms with Gasteiger partial charge in [-0.05, 0) is 60.4 Å². The number of anilines is 2. The van der Waals surface area contributed by atoms with Gasteiger partial charge in [-0.1, -0.05) is 81.5 Å². The van der Waals surface area contributed by atoms with E-state index >= 15 is 0 Å². The van der Waals surface area contributed by atoms with Crippen LogP contribution in [0.2, 0.25) is 0 Å². The molecule has 0 aliphatic heterocycles. The molecule has 0 aliphatic carbocycles. The van der Waals surface area contributed by atoms with Crippen molar-refractivity contribution in [3.63, 3.8) is 0 Å². The third-order valence-corrected chi connectivity index (χ3v) is 9.61. The van der Waals surface area contributed by atoms with Crippen LogP contribution in [0.4, 0.5) is 11.4 Å². The first-order valence-corrected chi connectivity index (χ1v) is 18.7. The highest BCUT2D eigenvalue weighted by molar-refractivity contribution is 6.07. The van der Waals surface area contributed by atoms with E-state index in [1.54, 1.807) is 59.9 Å². The number of nitrogens with zero attached hydrogens (tertiary/aromatic N) is 4. The van der Waals surface area contributed by atoms with Crippen LogP contribution < -0.4 is 16.0 Å². The Morgan fingerprint density at radius 1 is 0.698 bits per heavy atom. The van der Waals surface area contributed by atoms with Gasteiger partial charge in [-0.3, -0.25) is 19.4 Å². The van der Waals surface area contributed by atoms with Gasteiger partial charge in [-0.25, -0.2) is 0 Å². The molecule has 53 heavy (non-hydrogen) atoms.